The summed E-state index contributed by atoms with van der Waals surface area (Å²) < 4.78 is 1.98. The fourth-order valence-corrected chi connectivity index (χ4v) is 4.05. The van der Waals surface area contributed by atoms with Gasteiger partial charge >= 0.3 is 0 Å². The van der Waals surface area contributed by atoms with Crippen LogP contribution >= 0.6 is 0 Å². The molecule has 1 aromatic heterocycles. The molecule has 2 aliphatic rings. The molecule has 4 nitrogen and oxygen atoms in total. The highest BCUT2D eigenvalue weighted by atomic mass is 16.2. The Bertz CT molecular complexity index is 751. The van der Waals surface area contributed by atoms with Crippen LogP contribution in [0.1, 0.15) is 41.9 Å². The lowest BCUT2D eigenvalue weighted by Gasteiger charge is -2.25. The molecule has 3 atom stereocenters. The zero-order valence-electron chi connectivity index (χ0n) is 14.5. The van der Waals surface area contributed by atoms with Gasteiger partial charge < -0.3 is 4.90 Å². The maximum atomic E-state index is 13.0. The van der Waals surface area contributed by atoms with Crippen LogP contribution in [-0.2, 0) is 11.3 Å². The van der Waals surface area contributed by atoms with Gasteiger partial charge in [0, 0.05) is 18.7 Å². The second-order valence-electron chi connectivity index (χ2n) is 7.43. The van der Waals surface area contributed by atoms with Crippen LogP contribution in [0.4, 0.5) is 0 Å². The van der Waals surface area contributed by atoms with Crippen molar-refractivity contribution in [1.29, 1.82) is 0 Å². The highest BCUT2D eigenvalue weighted by Crippen LogP contribution is 2.49. The van der Waals surface area contributed by atoms with Crippen molar-refractivity contribution >= 4 is 5.91 Å². The lowest BCUT2D eigenvalue weighted by Crippen LogP contribution is -2.39. The van der Waals surface area contributed by atoms with E-state index in [4.69, 9.17) is 0 Å². The van der Waals surface area contributed by atoms with Crippen molar-refractivity contribution in [1.82, 2.24) is 14.7 Å². The first-order valence-electron chi connectivity index (χ1n) is 8.98. The molecule has 1 aliphatic heterocycles. The Balaban J connectivity index is 1.42. The molecule has 24 heavy (non-hydrogen) atoms. The van der Waals surface area contributed by atoms with Crippen molar-refractivity contribution in [2.45, 2.75) is 51.6 Å². The lowest BCUT2D eigenvalue weighted by molar-refractivity contribution is -0.133. The molecule has 0 spiro atoms. The maximum Gasteiger partial charge on any atom is 0.226 e. The number of hydrogen-bond acceptors (Lipinski definition) is 2. The minimum absolute atomic E-state index is 0.187. The Morgan fingerprint density at radius 3 is 2.92 bits per heavy atom. The van der Waals surface area contributed by atoms with E-state index in [2.05, 4.69) is 54.3 Å². The SMILES string of the molecule is Cc1cccc([C@@H]2C[C@@H]2C(=O)N2CCC[C@H]2Cn2cc(C)cn2)c1. The number of benzene rings is 1. The van der Waals surface area contributed by atoms with Crippen LogP contribution in [0, 0.1) is 19.8 Å². The lowest BCUT2D eigenvalue weighted by atomic mass is 10.1. The summed E-state index contributed by atoms with van der Waals surface area (Å²) in [5, 5.41) is 4.38. The first-order valence-corrected chi connectivity index (χ1v) is 8.98. The number of hydrogen-bond donors (Lipinski definition) is 0. The number of carbonyl (C=O) groups is 1. The van der Waals surface area contributed by atoms with Gasteiger partial charge in [-0.25, -0.2) is 0 Å². The smallest absolute Gasteiger partial charge is 0.226 e. The van der Waals surface area contributed by atoms with E-state index >= 15 is 0 Å². The van der Waals surface area contributed by atoms with E-state index in [1.54, 1.807) is 0 Å². The van der Waals surface area contributed by atoms with E-state index in [1.807, 2.05) is 10.9 Å². The third kappa shape index (κ3) is 2.97. The maximum absolute atomic E-state index is 13.0. The Hall–Kier alpha value is -2.10. The number of rotatable bonds is 4. The number of nitrogens with zero attached hydrogens (tertiary/aromatic N) is 3. The summed E-state index contributed by atoms with van der Waals surface area (Å²) in [6.07, 6.45) is 7.15. The van der Waals surface area contributed by atoms with Gasteiger partial charge in [-0.05, 0) is 50.2 Å². The molecule has 4 heteroatoms. The molecule has 1 saturated heterocycles. The van der Waals surface area contributed by atoms with E-state index < -0.39 is 0 Å². The van der Waals surface area contributed by atoms with Crippen LogP contribution in [0.5, 0.6) is 0 Å². The minimum Gasteiger partial charge on any atom is -0.338 e. The van der Waals surface area contributed by atoms with Crippen LogP contribution in [0.2, 0.25) is 0 Å². The summed E-state index contributed by atoms with van der Waals surface area (Å²) in [4.78, 5) is 15.1. The van der Waals surface area contributed by atoms with Gasteiger partial charge in [-0.15, -0.1) is 0 Å². The van der Waals surface area contributed by atoms with E-state index in [-0.39, 0.29) is 5.92 Å². The molecule has 0 radical (unpaired) electrons. The predicted octanol–water partition coefficient (Wildman–Crippen LogP) is 3.29. The van der Waals surface area contributed by atoms with Gasteiger partial charge in [0.1, 0.15) is 0 Å². The number of aryl methyl sites for hydroxylation is 2. The minimum atomic E-state index is 0.187. The Morgan fingerprint density at radius 2 is 2.17 bits per heavy atom. The van der Waals surface area contributed by atoms with E-state index in [9.17, 15) is 4.79 Å². The van der Waals surface area contributed by atoms with Crippen LogP contribution < -0.4 is 0 Å². The van der Waals surface area contributed by atoms with Gasteiger partial charge in [0.25, 0.3) is 0 Å². The molecule has 0 N–H and O–H groups in total. The van der Waals surface area contributed by atoms with Crippen molar-refractivity contribution in [3.05, 3.63) is 53.3 Å². The summed E-state index contributed by atoms with van der Waals surface area (Å²) in [5.74, 6) is 0.963. The van der Waals surface area contributed by atoms with Crippen LogP contribution in [-0.4, -0.2) is 33.2 Å². The van der Waals surface area contributed by atoms with E-state index in [1.165, 1.54) is 16.7 Å². The first kappa shape index (κ1) is 15.4. The molecule has 1 aromatic carbocycles. The van der Waals surface area contributed by atoms with Crippen LogP contribution in [0.15, 0.2) is 36.7 Å². The molecular formula is C20H25N3O. The molecule has 1 saturated carbocycles. The zero-order valence-corrected chi connectivity index (χ0v) is 14.5. The van der Waals surface area contributed by atoms with Gasteiger partial charge in [0.15, 0.2) is 0 Å². The third-order valence-corrected chi connectivity index (χ3v) is 5.40. The van der Waals surface area contributed by atoms with Gasteiger partial charge in [-0.3, -0.25) is 9.48 Å². The molecule has 2 heterocycles. The van der Waals surface area contributed by atoms with Crippen molar-refractivity contribution in [2.24, 2.45) is 5.92 Å². The number of amides is 1. The summed E-state index contributed by atoms with van der Waals surface area (Å²) in [7, 11) is 0. The van der Waals surface area contributed by atoms with E-state index in [0.29, 0.717) is 17.9 Å². The van der Waals surface area contributed by atoms with Gasteiger partial charge in [-0.1, -0.05) is 29.8 Å². The van der Waals surface area contributed by atoms with Crippen molar-refractivity contribution in [3.8, 4) is 0 Å². The van der Waals surface area contributed by atoms with Gasteiger partial charge in [0.05, 0.1) is 18.8 Å². The zero-order chi connectivity index (χ0) is 16.7. The second kappa shape index (κ2) is 6.08. The molecule has 126 valence electrons. The monoisotopic (exact) mass is 323 g/mol. The van der Waals surface area contributed by atoms with Crippen LogP contribution in [0.25, 0.3) is 0 Å². The number of likely N-dealkylation sites (tertiary alicyclic amines) is 1. The number of aromatic nitrogens is 2. The highest BCUT2D eigenvalue weighted by molar-refractivity contribution is 5.83. The Morgan fingerprint density at radius 1 is 1.29 bits per heavy atom. The molecule has 2 aromatic rings. The fourth-order valence-electron chi connectivity index (χ4n) is 4.05. The van der Waals surface area contributed by atoms with Gasteiger partial charge in [0.2, 0.25) is 5.91 Å². The average Bonchev–Trinajstić information content (AvgIpc) is 3.06. The third-order valence-electron chi connectivity index (χ3n) is 5.40. The molecule has 1 amide bonds. The molecule has 4 rings (SSSR count). The average molecular weight is 323 g/mol. The largest absolute Gasteiger partial charge is 0.338 e. The highest BCUT2D eigenvalue weighted by Gasteiger charge is 2.47. The normalized spacial score (nSPS) is 25.9. The molecule has 2 fully saturated rings. The topological polar surface area (TPSA) is 38.1 Å². The number of carbonyl (C=O) groups excluding carboxylic acids is 1. The Kier molecular flexibility index (Phi) is 3.91. The van der Waals surface area contributed by atoms with Gasteiger partial charge in [-0.2, -0.15) is 5.10 Å². The van der Waals surface area contributed by atoms with Crippen molar-refractivity contribution < 1.29 is 4.79 Å². The predicted molar refractivity (Wildman–Crippen MR) is 93.7 cm³/mol. The second-order valence-corrected chi connectivity index (χ2v) is 7.43. The van der Waals surface area contributed by atoms with E-state index in [0.717, 1.165) is 32.4 Å². The summed E-state index contributed by atoms with van der Waals surface area (Å²) in [5.41, 5.74) is 3.78. The Labute approximate surface area is 143 Å². The van der Waals surface area contributed by atoms with Crippen LogP contribution in [0.3, 0.4) is 0 Å². The fraction of sp³-hybridized carbons (Fsp3) is 0.500. The first-order chi connectivity index (χ1) is 11.6. The summed E-state index contributed by atoms with van der Waals surface area (Å²) in [6, 6.07) is 8.91. The molecule has 0 bridgehead atoms. The summed E-state index contributed by atoms with van der Waals surface area (Å²) >= 11 is 0. The quantitative estimate of drug-likeness (QED) is 0.866. The molecule has 0 unspecified atom stereocenters. The molecular weight excluding hydrogens is 298 g/mol. The van der Waals surface area contributed by atoms with Crippen molar-refractivity contribution in [3.63, 3.8) is 0 Å². The van der Waals surface area contributed by atoms with Crippen molar-refractivity contribution in [2.75, 3.05) is 6.54 Å². The standard InChI is InChI=1S/C20H25N3O/c1-14-5-3-6-16(9-14)18-10-19(18)20(24)23-8-4-7-17(23)13-22-12-15(2)11-21-22/h3,5-6,9,11-12,17-19H,4,7-8,10,13H2,1-2H3/t17-,18-,19-/m0/s1. The summed E-state index contributed by atoms with van der Waals surface area (Å²) in [6.45, 7) is 5.89. The molecule has 1 aliphatic carbocycles.